The van der Waals surface area contributed by atoms with Crippen LogP contribution < -0.4 is 14.8 Å². The van der Waals surface area contributed by atoms with E-state index in [1.54, 1.807) is 36.1 Å². The van der Waals surface area contributed by atoms with Gasteiger partial charge >= 0.3 is 0 Å². The van der Waals surface area contributed by atoms with Crippen molar-refractivity contribution in [2.24, 2.45) is 7.05 Å². The van der Waals surface area contributed by atoms with E-state index >= 15 is 0 Å². The summed E-state index contributed by atoms with van der Waals surface area (Å²) in [5, 5.41) is 8.29. The lowest BCUT2D eigenvalue weighted by Crippen LogP contribution is -2.43. The van der Waals surface area contributed by atoms with E-state index in [9.17, 15) is 4.79 Å². The Balaban J connectivity index is 1.58. The second kappa shape index (κ2) is 11.3. The predicted molar refractivity (Wildman–Crippen MR) is 159 cm³/mol. The summed E-state index contributed by atoms with van der Waals surface area (Å²) in [5.74, 6) is 1.88. The zero-order valence-electron chi connectivity index (χ0n) is 24.2. The number of benzene rings is 2. The first-order valence-corrected chi connectivity index (χ1v) is 16.3. The van der Waals surface area contributed by atoms with Gasteiger partial charge in [-0.3, -0.25) is 9.48 Å². The molecular weight excluding hydrogens is 508 g/mol. The number of nitrogens with one attached hydrogen (secondary N) is 1. The zero-order valence-corrected chi connectivity index (χ0v) is 25.2. The van der Waals surface area contributed by atoms with Crippen LogP contribution in [0.2, 0.25) is 18.1 Å². The van der Waals surface area contributed by atoms with E-state index in [1.807, 2.05) is 31.2 Å². The second-order valence-electron chi connectivity index (χ2n) is 11.4. The molecule has 0 aliphatic heterocycles. The van der Waals surface area contributed by atoms with Gasteiger partial charge in [0.05, 0.1) is 6.61 Å². The van der Waals surface area contributed by atoms with Crippen LogP contribution in [0.1, 0.15) is 45.0 Å². The molecule has 0 saturated heterocycles. The lowest BCUT2D eigenvalue weighted by atomic mass is 10.1. The molecule has 0 fully saturated rings. The molecule has 1 amide bonds. The third-order valence-corrected chi connectivity index (χ3v) is 11.7. The van der Waals surface area contributed by atoms with Crippen LogP contribution in [0, 0.1) is 0 Å². The minimum absolute atomic E-state index is 0.108. The van der Waals surface area contributed by atoms with Crippen molar-refractivity contribution in [1.29, 1.82) is 0 Å². The van der Waals surface area contributed by atoms with E-state index in [-0.39, 0.29) is 17.0 Å². The maximum atomic E-state index is 13.2. The fourth-order valence-electron chi connectivity index (χ4n) is 3.96. The molecule has 0 saturated carbocycles. The smallest absolute Gasteiger partial charge is 0.257 e. The van der Waals surface area contributed by atoms with Gasteiger partial charge in [0.2, 0.25) is 0 Å². The Bertz CT molecular complexity index is 1450. The van der Waals surface area contributed by atoms with Crippen LogP contribution in [-0.2, 0) is 18.0 Å². The Labute approximate surface area is 232 Å². The minimum atomic E-state index is -1.92. The van der Waals surface area contributed by atoms with E-state index in [0.717, 1.165) is 17.4 Å². The molecule has 0 aliphatic rings. The number of ether oxygens (including phenoxy) is 2. The molecule has 0 spiro atoms. The Kier molecular flexibility index (Phi) is 8.22. The molecule has 208 valence electrons. The zero-order chi connectivity index (χ0) is 28.4. The van der Waals surface area contributed by atoms with Crippen molar-refractivity contribution >= 4 is 30.9 Å². The Hall–Kier alpha value is -3.56. The van der Waals surface area contributed by atoms with Crippen LogP contribution in [0.3, 0.4) is 0 Å². The standard InChI is InChI=1S/C30H40N4O4Si/c1-9-34-15-12-22-16-24(10-11-27(22)34)38-26-18-23(29(35)31-28-13-14-33(6)32-28)17-25(19-26)37-21(2)20-36-39(7,8)30(3,4)5/h10-19,21H,9,20H2,1-8H3,(H,31,32,35)/t21-/m0/s1. The Morgan fingerprint density at radius 3 is 2.44 bits per heavy atom. The number of amides is 1. The molecule has 8 nitrogen and oxygen atoms in total. The molecule has 0 aliphatic carbocycles. The molecule has 4 rings (SSSR count). The van der Waals surface area contributed by atoms with Gasteiger partial charge in [0.25, 0.3) is 5.91 Å². The van der Waals surface area contributed by atoms with Crippen molar-refractivity contribution in [3.63, 3.8) is 0 Å². The van der Waals surface area contributed by atoms with E-state index < -0.39 is 8.32 Å². The van der Waals surface area contributed by atoms with Gasteiger partial charge in [-0.2, -0.15) is 5.10 Å². The summed E-state index contributed by atoms with van der Waals surface area (Å²) in [6.45, 7) is 16.5. The van der Waals surface area contributed by atoms with Gasteiger partial charge in [0, 0.05) is 54.6 Å². The van der Waals surface area contributed by atoms with Crippen molar-refractivity contribution < 1.29 is 18.7 Å². The topological polar surface area (TPSA) is 79.5 Å². The number of carbonyl (C=O) groups is 1. The molecular formula is C30H40N4O4Si. The molecule has 2 aromatic heterocycles. The van der Waals surface area contributed by atoms with E-state index in [0.29, 0.717) is 35.2 Å². The first kappa shape index (κ1) is 28.4. The first-order valence-electron chi connectivity index (χ1n) is 13.4. The van der Waals surface area contributed by atoms with Crippen LogP contribution in [0.15, 0.2) is 60.9 Å². The molecule has 2 heterocycles. The van der Waals surface area contributed by atoms with E-state index in [4.69, 9.17) is 13.9 Å². The van der Waals surface area contributed by atoms with Crippen molar-refractivity contribution in [3.05, 3.63) is 66.5 Å². The molecule has 4 aromatic rings. The maximum absolute atomic E-state index is 13.2. The van der Waals surface area contributed by atoms with Crippen molar-refractivity contribution in [2.45, 2.75) is 65.4 Å². The van der Waals surface area contributed by atoms with Crippen LogP contribution in [0.4, 0.5) is 5.82 Å². The SMILES string of the molecule is CCn1ccc2cc(Oc3cc(O[C@@H](C)CO[Si](C)(C)C(C)(C)C)cc(C(=O)Nc4ccn(C)n4)c3)ccc21. The number of hydrogen-bond acceptors (Lipinski definition) is 5. The monoisotopic (exact) mass is 548 g/mol. The van der Waals surface area contributed by atoms with Gasteiger partial charge in [0.1, 0.15) is 23.4 Å². The van der Waals surface area contributed by atoms with E-state index in [2.05, 4.69) is 68.0 Å². The fraction of sp³-hybridized carbons (Fsp3) is 0.400. The number of aromatic nitrogens is 3. The summed E-state index contributed by atoms with van der Waals surface area (Å²) in [4.78, 5) is 13.2. The summed E-state index contributed by atoms with van der Waals surface area (Å²) < 4.78 is 22.7. The van der Waals surface area contributed by atoms with Crippen molar-refractivity contribution in [3.8, 4) is 17.2 Å². The molecule has 9 heteroatoms. The number of fused-ring (bicyclic) bond motifs is 1. The largest absolute Gasteiger partial charge is 0.488 e. The Morgan fingerprint density at radius 1 is 1.03 bits per heavy atom. The fourth-order valence-corrected chi connectivity index (χ4v) is 5.05. The molecule has 2 aromatic carbocycles. The highest BCUT2D eigenvalue weighted by Crippen LogP contribution is 2.37. The highest BCUT2D eigenvalue weighted by Gasteiger charge is 2.37. The molecule has 39 heavy (non-hydrogen) atoms. The number of carbonyl (C=O) groups excluding carboxylic acids is 1. The summed E-state index contributed by atoms with van der Waals surface area (Å²) >= 11 is 0. The summed E-state index contributed by atoms with van der Waals surface area (Å²) in [6.07, 6.45) is 3.62. The van der Waals surface area contributed by atoms with Gasteiger partial charge in [0.15, 0.2) is 14.1 Å². The van der Waals surface area contributed by atoms with Crippen LogP contribution in [0.5, 0.6) is 17.2 Å². The second-order valence-corrected chi connectivity index (χ2v) is 16.3. The molecule has 0 unspecified atom stereocenters. The first-order chi connectivity index (χ1) is 18.3. The van der Waals surface area contributed by atoms with Crippen LogP contribution in [-0.4, -0.2) is 41.3 Å². The Morgan fingerprint density at radius 2 is 1.77 bits per heavy atom. The molecule has 1 N–H and O–H groups in total. The number of aryl methyl sites for hydroxylation is 2. The molecule has 1 atom stereocenters. The third-order valence-electron chi connectivity index (χ3n) is 7.24. The van der Waals surface area contributed by atoms with Crippen LogP contribution >= 0.6 is 0 Å². The van der Waals surface area contributed by atoms with E-state index in [1.165, 1.54) is 0 Å². The summed E-state index contributed by atoms with van der Waals surface area (Å²) in [6, 6.07) is 15.0. The molecule has 0 bridgehead atoms. The number of anilines is 1. The van der Waals surface area contributed by atoms with Crippen molar-refractivity contribution in [1.82, 2.24) is 14.3 Å². The van der Waals surface area contributed by atoms with Gasteiger partial charge in [-0.25, -0.2) is 0 Å². The number of nitrogens with zero attached hydrogens (tertiary/aromatic N) is 3. The predicted octanol–water partition coefficient (Wildman–Crippen LogP) is 7.23. The van der Waals surface area contributed by atoms with Gasteiger partial charge in [-0.05, 0) is 68.4 Å². The minimum Gasteiger partial charge on any atom is -0.488 e. The molecule has 0 radical (unpaired) electrons. The maximum Gasteiger partial charge on any atom is 0.257 e. The third kappa shape index (κ3) is 6.91. The highest BCUT2D eigenvalue weighted by molar-refractivity contribution is 6.74. The van der Waals surface area contributed by atoms with Gasteiger partial charge in [-0.15, -0.1) is 0 Å². The quantitative estimate of drug-likeness (QED) is 0.212. The number of rotatable bonds is 10. The lowest BCUT2D eigenvalue weighted by molar-refractivity contribution is 0.102. The van der Waals surface area contributed by atoms with Crippen LogP contribution in [0.25, 0.3) is 10.9 Å². The average Bonchev–Trinajstić information content (AvgIpc) is 3.46. The summed E-state index contributed by atoms with van der Waals surface area (Å²) in [7, 11) is -0.120. The summed E-state index contributed by atoms with van der Waals surface area (Å²) in [5.41, 5.74) is 1.55. The normalized spacial score (nSPS) is 12.9. The average molecular weight is 549 g/mol. The highest BCUT2D eigenvalue weighted by atomic mass is 28.4. The van der Waals surface area contributed by atoms with Crippen molar-refractivity contribution in [2.75, 3.05) is 11.9 Å². The lowest BCUT2D eigenvalue weighted by Gasteiger charge is -2.36. The number of hydrogen-bond donors (Lipinski definition) is 1. The van der Waals surface area contributed by atoms with Gasteiger partial charge < -0.3 is 23.8 Å². The van der Waals surface area contributed by atoms with Gasteiger partial charge in [-0.1, -0.05) is 20.8 Å².